The molecule has 2 atom stereocenters. The Morgan fingerprint density at radius 2 is 1.79 bits per heavy atom. The first-order valence-electron chi connectivity index (χ1n) is 12.5. The number of hydrazine groups is 1. The Morgan fingerprint density at radius 3 is 2.47 bits per heavy atom. The Morgan fingerprint density at radius 1 is 1.03 bits per heavy atom. The van der Waals surface area contributed by atoms with E-state index in [0.29, 0.717) is 18.7 Å². The van der Waals surface area contributed by atoms with Crippen LogP contribution in [-0.2, 0) is 29.1 Å². The average molecular weight is 518 g/mol. The molecule has 2 aliphatic heterocycles. The topological polar surface area (TPSA) is 98.6 Å². The number of amides is 4. The van der Waals surface area contributed by atoms with Gasteiger partial charge in [-0.2, -0.15) is 0 Å². The molecule has 1 aromatic heterocycles. The van der Waals surface area contributed by atoms with Gasteiger partial charge in [0.1, 0.15) is 23.7 Å². The van der Waals surface area contributed by atoms with E-state index in [1.165, 1.54) is 0 Å². The Labute approximate surface area is 221 Å². The van der Waals surface area contributed by atoms with E-state index >= 15 is 0 Å². The van der Waals surface area contributed by atoms with Crippen LogP contribution in [0.1, 0.15) is 16.9 Å². The van der Waals surface area contributed by atoms with E-state index in [1.54, 1.807) is 46.3 Å². The lowest BCUT2D eigenvalue weighted by Gasteiger charge is -2.54. The molecule has 0 saturated carbocycles. The van der Waals surface area contributed by atoms with Crippen LogP contribution >= 0.6 is 0 Å². The molecule has 0 unspecified atom stereocenters. The first-order valence-corrected chi connectivity index (χ1v) is 12.5. The predicted octanol–water partition coefficient (Wildman–Crippen LogP) is 2.47. The summed E-state index contributed by atoms with van der Waals surface area (Å²) in [6.45, 7) is 0.705. The summed E-state index contributed by atoms with van der Waals surface area (Å²) in [6.07, 6.45) is 1.24. The van der Waals surface area contributed by atoms with E-state index in [0.717, 1.165) is 16.9 Å². The van der Waals surface area contributed by atoms with E-state index in [-0.39, 0.29) is 37.5 Å². The Hall–Kier alpha value is -4.31. The van der Waals surface area contributed by atoms with Crippen LogP contribution in [-0.4, -0.2) is 77.1 Å². The summed E-state index contributed by atoms with van der Waals surface area (Å²) in [7, 11) is 3.31. The van der Waals surface area contributed by atoms with Crippen LogP contribution in [0.25, 0.3) is 0 Å². The van der Waals surface area contributed by atoms with Gasteiger partial charge in [0.25, 0.3) is 0 Å². The highest BCUT2D eigenvalue weighted by Crippen LogP contribution is 2.28. The SMILES string of the molecule is COc1ccc(CNC(=O)N2[C@H]3CN(Cc4ccco4)C(=O)[C@H](Cc4ccccc4)N3C(=O)CN2C)cc1. The Bertz CT molecular complexity index is 1260. The number of fused-ring (bicyclic) bond motifs is 1. The third kappa shape index (κ3) is 5.21. The molecule has 38 heavy (non-hydrogen) atoms. The van der Waals surface area contributed by atoms with E-state index in [2.05, 4.69) is 5.32 Å². The van der Waals surface area contributed by atoms with Crippen molar-refractivity contribution < 1.29 is 23.5 Å². The number of nitrogens with zero attached hydrogens (tertiary/aromatic N) is 4. The minimum absolute atomic E-state index is 0.0107. The van der Waals surface area contributed by atoms with Gasteiger partial charge < -0.3 is 24.3 Å². The zero-order valence-electron chi connectivity index (χ0n) is 21.4. The second kappa shape index (κ2) is 11.0. The maximum atomic E-state index is 13.7. The third-order valence-electron chi connectivity index (χ3n) is 6.95. The van der Waals surface area contributed by atoms with Gasteiger partial charge in [-0.05, 0) is 35.4 Å². The zero-order valence-corrected chi connectivity index (χ0v) is 21.4. The molecule has 2 aliphatic rings. The number of rotatable bonds is 7. The molecule has 198 valence electrons. The molecule has 5 rings (SSSR count). The van der Waals surface area contributed by atoms with E-state index < -0.39 is 12.2 Å². The van der Waals surface area contributed by atoms with Crippen LogP contribution in [0.15, 0.2) is 77.4 Å². The van der Waals surface area contributed by atoms with Gasteiger partial charge in [0.2, 0.25) is 11.8 Å². The highest BCUT2D eigenvalue weighted by atomic mass is 16.5. The number of piperazine rings is 1. The van der Waals surface area contributed by atoms with Gasteiger partial charge in [-0.1, -0.05) is 42.5 Å². The van der Waals surface area contributed by atoms with Crippen molar-refractivity contribution in [2.75, 3.05) is 27.2 Å². The molecule has 3 aromatic rings. The first kappa shape index (κ1) is 25.3. The molecule has 0 aliphatic carbocycles. The highest BCUT2D eigenvalue weighted by molar-refractivity contribution is 5.91. The number of hydrogen-bond acceptors (Lipinski definition) is 6. The van der Waals surface area contributed by atoms with E-state index in [9.17, 15) is 14.4 Å². The number of ether oxygens (including phenoxy) is 1. The van der Waals surface area contributed by atoms with Crippen LogP contribution in [0.3, 0.4) is 0 Å². The second-order valence-electron chi connectivity index (χ2n) is 9.45. The number of benzene rings is 2. The molecule has 10 nitrogen and oxygen atoms in total. The number of urea groups is 1. The maximum Gasteiger partial charge on any atom is 0.334 e. The number of hydrogen-bond donors (Lipinski definition) is 1. The molecule has 0 radical (unpaired) electrons. The van der Waals surface area contributed by atoms with Gasteiger partial charge in [-0.25, -0.2) is 14.8 Å². The summed E-state index contributed by atoms with van der Waals surface area (Å²) >= 11 is 0. The molecule has 0 spiro atoms. The molecule has 2 fully saturated rings. The summed E-state index contributed by atoms with van der Waals surface area (Å²) in [4.78, 5) is 43.8. The van der Waals surface area contributed by atoms with Crippen LogP contribution < -0.4 is 10.1 Å². The Balaban J connectivity index is 1.41. The van der Waals surface area contributed by atoms with Gasteiger partial charge in [0.05, 0.1) is 33.0 Å². The molecule has 2 aromatic carbocycles. The quantitative estimate of drug-likeness (QED) is 0.517. The van der Waals surface area contributed by atoms with Crippen LogP contribution in [0.5, 0.6) is 5.75 Å². The molecule has 1 N–H and O–H groups in total. The molecule has 2 saturated heterocycles. The lowest BCUT2D eigenvalue weighted by atomic mass is 9.99. The fourth-order valence-electron chi connectivity index (χ4n) is 5.08. The number of likely N-dealkylation sites (N-methyl/N-ethyl adjacent to an activating group) is 1. The van der Waals surface area contributed by atoms with Crippen molar-refractivity contribution in [3.05, 3.63) is 89.9 Å². The normalized spacial score (nSPS) is 19.9. The number of carbonyl (C=O) groups excluding carboxylic acids is 3. The monoisotopic (exact) mass is 517 g/mol. The molecule has 10 heteroatoms. The van der Waals surface area contributed by atoms with E-state index in [1.807, 2.05) is 60.7 Å². The summed E-state index contributed by atoms with van der Waals surface area (Å²) < 4.78 is 10.7. The standard InChI is InChI=1S/C28H31N5O5/c1-30-19-26(34)32-24(15-20-7-4-3-5-8-20)27(35)31(17-23-9-6-14-38-23)18-25(32)33(30)28(36)29-16-21-10-12-22(37-2)13-11-21/h3-14,24-25H,15-19H2,1-2H3,(H,29,36)/t24-,25-/m0/s1. The smallest absolute Gasteiger partial charge is 0.334 e. The number of carbonyl (C=O) groups is 3. The van der Waals surface area contributed by atoms with Crippen molar-refractivity contribution in [3.63, 3.8) is 0 Å². The van der Waals surface area contributed by atoms with Crippen molar-refractivity contribution in [1.29, 1.82) is 0 Å². The maximum absolute atomic E-state index is 13.7. The molecular formula is C28H31N5O5. The first-order chi connectivity index (χ1) is 18.4. The fraction of sp³-hybridized carbons (Fsp3) is 0.321. The van der Waals surface area contributed by atoms with Gasteiger partial charge in [0, 0.05) is 20.0 Å². The van der Waals surface area contributed by atoms with Crippen molar-refractivity contribution >= 4 is 17.8 Å². The van der Waals surface area contributed by atoms with Gasteiger partial charge in [-0.15, -0.1) is 0 Å². The molecule has 3 heterocycles. The number of furan rings is 1. The molecule has 4 amide bonds. The summed E-state index contributed by atoms with van der Waals surface area (Å²) in [6, 6.07) is 19.5. The summed E-state index contributed by atoms with van der Waals surface area (Å²) in [5, 5.41) is 6.13. The molecular weight excluding hydrogens is 486 g/mol. The highest BCUT2D eigenvalue weighted by Gasteiger charge is 2.50. The van der Waals surface area contributed by atoms with Crippen molar-refractivity contribution in [2.45, 2.75) is 31.7 Å². The Kier molecular flexibility index (Phi) is 7.32. The number of methoxy groups -OCH3 is 1. The minimum atomic E-state index is -0.746. The minimum Gasteiger partial charge on any atom is -0.497 e. The van der Waals surface area contributed by atoms with Gasteiger partial charge >= 0.3 is 6.03 Å². The average Bonchev–Trinajstić information content (AvgIpc) is 3.43. The third-order valence-corrected chi connectivity index (χ3v) is 6.95. The largest absolute Gasteiger partial charge is 0.497 e. The fourth-order valence-corrected chi connectivity index (χ4v) is 5.08. The predicted molar refractivity (Wildman–Crippen MR) is 138 cm³/mol. The van der Waals surface area contributed by atoms with Crippen molar-refractivity contribution in [1.82, 2.24) is 25.1 Å². The van der Waals surface area contributed by atoms with E-state index in [4.69, 9.17) is 9.15 Å². The second-order valence-corrected chi connectivity index (χ2v) is 9.45. The summed E-state index contributed by atoms with van der Waals surface area (Å²) in [5.74, 6) is 1.01. The zero-order chi connectivity index (χ0) is 26.6. The lowest BCUT2D eigenvalue weighted by molar-refractivity contribution is -0.187. The van der Waals surface area contributed by atoms with Crippen LogP contribution in [0.4, 0.5) is 4.79 Å². The van der Waals surface area contributed by atoms with Crippen LogP contribution in [0, 0.1) is 0 Å². The summed E-state index contributed by atoms with van der Waals surface area (Å²) in [5.41, 5.74) is 1.85. The molecule has 0 bridgehead atoms. The van der Waals surface area contributed by atoms with Crippen molar-refractivity contribution in [2.24, 2.45) is 0 Å². The number of nitrogens with one attached hydrogen (secondary N) is 1. The van der Waals surface area contributed by atoms with Gasteiger partial charge in [-0.3, -0.25) is 9.59 Å². The lowest BCUT2D eigenvalue weighted by Crippen LogP contribution is -2.76. The van der Waals surface area contributed by atoms with Crippen molar-refractivity contribution in [3.8, 4) is 5.75 Å². The van der Waals surface area contributed by atoms with Crippen LogP contribution in [0.2, 0.25) is 0 Å². The van der Waals surface area contributed by atoms with Gasteiger partial charge in [0.15, 0.2) is 0 Å².